The van der Waals surface area contributed by atoms with Crippen molar-refractivity contribution in [2.24, 2.45) is 0 Å². The molecular formula is C9H8NO2S. The van der Waals surface area contributed by atoms with Crippen molar-refractivity contribution in [3.05, 3.63) is 41.6 Å². The first-order valence-electron chi connectivity index (χ1n) is 3.56. The van der Waals surface area contributed by atoms with Crippen molar-refractivity contribution in [1.82, 2.24) is 0 Å². The molecule has 1 radical (unpaired) electrons. The van der Waals surface area contributed by atoms with Crippen LogP contribution in [0.2, 0.25) is 0 Å². The van der Waals surface area contributed by atoms with Crippen molar-refractivity contribution in [3.63, 3.8) is 0 Å². The van der Waals surface area contributed by atoms with Crippen molar-refractivity contribution in [2.75, 3.05) is 0 Å². The highest BCUT2D eigenvalue weighted by molar-refractivity contribution is 7.91. The number of hydrogen-bond acceptors (Lipinski definition) is 3. The fourth-order valence-electron chi connectivity index (χ4n) is 0.929. The lowest BCUT2D eigenvalue weighted by Crippen LogP contribution is -1.97. The Bertz CT molecular complexity index is 426. The van der Waals surface area contributed by atoms with E-state index in [-0.39, 0.29) is 5.75 Å². The summed E-state index contributed by atoms with van der Waals surface area (Å²) < 4.78 is 21.6. The van der Waals surface area contributed by atoms with Gasteiger partial charge in [-0.05, 0) is 17.7 Å². The zero-order chi connectivity index (χ0) is 9.90. The predicted molar refractivity (Wildman–Crippen MR) is 49.1 cm³/mol. The normalized spacial score (nSPS) is 10.8. The zero-order valence-corrected chi connectivity index (χ0v) is 7.71. The summed E-state index contributed by atoms with van der Waals surface area (Å²) in [4.78, 5) is 0. The van der Waals surface area contributed by atoms with E-state index in [0.29, 0.717) is 11.1 Å². The van der Waals surface area contributed by atoms with Gasteiger partial charge < -0.3 is 0 Å². The third-order valence-electron chi connectivity index (χ3n) is 1.47. The Hall–Kier alpha value is -1.34. The van der Waals surface area contributed by atoms with Crippen molar-refractivity contribution in [1.29, 1.82) is 5.26 Å². The number of benzene rings is 1. The lowest BCUT2D eigenvalue weighted by atomic mass is 10.2. The number of rotatable bonds is 2. The molecule has 0 aromatic heterocycles. The molecule has 0 saturated heterocycles. The van der Waals surface area contributed by atoms with Gasteiger partial charge in [0.15, 0.2) is 9.84 Å². The topological polar surface area (TPSA) is 57.9 Å². The summed E-state index contributed by atoms with van der Waals surface area (Å²) in [5, 5.41) is 8.48. The highest BCUT2D eigenvalue weighted by Crippen LogP contribution is 2.07. The summed E-state index contributed by atoms with van der Waals surface area (Å²) in [5.74, 6) is -0.0846. The molecule has 0 heterocycles. The molecule has 0 saturated carbocycles. The van der Waals surface area contributed by atoms with Crippen LogP contribution in [0.15, 0.2) is 24.3 Å². The maximum Gasteiger partial charge on any atom is 0.155 e. The number of sulfone groups is 1. The minimum atomic E-state index is -3.23. The first-order chi connectivity index (χ1) is 6.01. The van der Waals surface area contributed by atoms with E-state index in [1.54, 1.807) is 24.3 Å². The Morgan fingerprint density at radius 1 is 1.31 bits per heavy atom. The Balaban J connectivity index is 2.89. The minimum absolute atomic E-state index is 0.0846. The maximum absolute atomic E-state index is 10.8. The van der Waals surface area contributed by atoms with Crippen LogP contribution in [0.5, 0.6) is 0 Å². The SMILES string of the molecule is [CH2]S(=O)(=O)Cc1ccc(C#N)cc1. The van der Waals surface area contributed by atoms with Crippen LogP contribution in [-0.4, -0.2) is 8.42 Å². The molecule has 0 bridgehead atoms. The van der Waals surface area contributed by atoms with Gasteiger partial charge in [-0.15, -0.1) is 0 Å². The molecule has 1 aromatic carbocycles. The molecule has 0 fully saturated rings. The maximum atomic E-state index is 10.8. The lowest BCUT2D eigenvalue weighted by molar-refractivity contribution is 0.603. The highest BCUT2D eigenvalue weighted by atomic mass is 32.2. The van der Waals surface area contributed by atoms with Gasteiger partial charge in [-0.3, -0.25) is 0 Å². The van der Waals surface area contributed by atoms with Gasteiger partial charge in [0.2, 0.25) is 0 Å². The predicted octanol–water partition coefficient (Wildman–Crippen LogP) is 1.26. The molecule has 13 heavy (non-hydrogen) atoms. The quantitative estimate of drug-likeness (QED) is 0.712. The molecule has 3 nitrogen and oxygen atoms in total. The monoisotopic (exact) mass is 194 g/mol. The van der Waals surface area contributed by atoms with E-state index in [2.05, 4.69) is 6.26 Å². The van der Waals surface area contributed by atoms with Gasteiger partial charge in [0.1, 0.15) is 0 Å². The lowest BCUT2D eigenvalue weighted by Gasteiger charge is -1.97. The van der Waals surface area contributed by atoms with Crippen molar-refractivity contribution in [3.8, 4) is 6.07 Å². The largest absolute Gasteiger partial charge is 0.228 e. The molecule has 1 rings (SSSR count). The van der Waals surface area contributed by atoms with E-state index in [9.17, 15) is 8.42 Å². The Kier molecular flexibility index (Phi) is 2.69. The van der Waals surface area contributed by atoms with E-state index in [1.807, 2.05) is 6.07 Å². The summed E-state index contributed by atoms with van der Waals surface area (Å²) in [6, 6.07) is 8.34. The third-order valence-corrected chi connectivity index (χ3v) is 2.24. The Labute approximate surface area is 77.5 Å². The Morgan fingerprint density at radius 2 is 1.85 bits per heavy atom. The molecule has 0 aliphatic heterocycles. The molecule has 0 aliphatic carbocycles. The average molecular weight is 194 g/mol. The van der Waals surface area contributed by atoms with Crippen LogP contribution < -0.4 is 0 Å². The van der Waals surface area contributed by atoms with Crippen LogP contribution in [0.25, 0.3) is 0 Å². The summed E-state index contributed by atoms with van der Waals surface area (Å²) in [5.41, 5.74) is 1.17. The molecule has 0 N–H and O–H groups in total. The molecule has 1 aromatic rings. The van der Waals surface area contributed by atoms with Crippen LogP contribution in [0, 0.1) is 17.6 Å². The third kappa shape index (κ3) is 3.26. The summed E-state index contributed by atoms with van der Waals surface area (Å²) in [6.45, 7) is 0. The molecule has 0 spiro atoms. The second kappa shape index (κ2) is 3.58. The summed E-state index contributed by atoms with van der Waals surface area (Å²) in [7, 11) is -3.23. The average Bonchev–Trinajstić information content (AvgIpc) is 2.03. The minimum Gasteiger partial charge on any atom is -0.228 e. The van der Waals surface area contributed by atoms with Crippen molar-refractivity contribution < 1.29 is 8.42 Å². The fourth-order valence-corrected chi connectivity index (χ4v) is 1.63. The van der Waals surface area contributed by atoms with Crippen molar-refractivity contribution >= 4 is 9.84 Å². The first kappa shape index (κ1) is 9.75. The van der Waals surface area contributed by atoms with Crippen molar-refractivity contribution in [2.45, 2.75) is 5.75 Å². The van der Waals surface area contributed by atoms with Gasteiger partial charge in [0, 0.05) is 0 Å². The fraction of sp³-hybridized carbons (Fsp3) is 0.111. The van der Waals surface area contributed by atoms with Crippen LogP contribution in [0.4, 0.5) is 0 Å². The highest BCUT2D eigenvalue weighted by Gasteiger charge is 2.03. The van der Waals surface area contributed by atoms with Gasteiger partial charge in [0.05, 0.1) is 23.6 Å². The molecule has 0 aliphatic rings. The smallest absolute Gasteiger partial charge is 0.155 e. The Morgan fingerprint density at radius 3 is 2.23 bits per heavy atom. The van der Waals surface area contributed by atoms with Gasteiger partial charge >= 0.3 is 0 Å². The summed E-state index contributed by atoms with van der Waals surface area (Å²) in [6.07, 6.45) is 3.02. The van der Waals surface area contributed by atoms with Gasteiger partial charge in [0.25, 0.3) is 0 Å². The van der Waals surface area contributed by atoms with Gasteiger partial charge in [-0.2, -0.15) is 5.26 Å². The van der Waals surface area contributed by atoms with Gasteiger partial charge in [-0.1, -0.05) is 12.1 Å². The number of nitrogens with zero attached hydrogens (tertiary/aromatic N) is 1. The van der Waals surface area contributed by atoms with Crippen LogP contribution >= 0.6 is 0 Å². The molecule has 0 atom stereocenters. The first-order valence-corrected chi connectivity index (χ1v) is 5.38. The van der Waals surface area contributed by atoms with E-state index >= 15 is 0 Å². The standard InChI is InChI=1S/C9H8NO2S/c1-13(11,12)7-9-4-2-8(6-10)3-5-9/h2-5H,1,7H2. The van der Waals surface area contributed by atoms with Crippen LogP contribution in [0.1, 0.15) is 11.1 Å². The van der Waals surface area contributed by atoms with E-state index in [1.165, 1.54) is 0 Å². The van der Waals surface area contributed by atoms with Gasteiger partial charge in [-0.25, -0.2) is 8.42 Å². The second-order valence-corrected chi connectivity index (χ2v) is 4.47. The molecule has 0 amide bonds. The van der Waals surface area contributed by atoms with Crippen LogP contribution in [0.3, 0.4) is 0 Å². The van der Waals surface area contributed by atoms with E-state index in [0.717, 1.165) is 0 Å². The van der Waals surface area contributed by atoms with E-state index in [4.69, 9.17) is 5.26 Å². The summed E-state index contributed by atoms with van der Waals surface area (Å²) >= 11 is 0. The number of nitriles is 1. The molecular weight excluding hydrogens is 186 g/mol. The van der Waals surface area contributed by atoms with Crippen LogP contribution in [-0.2, 0) is 15.6 Å². The molecule has 67 valence electrons. The second-order valence-electron chi connectivity index (χ2n) is 2.70. The molecule has 0 unspecified atom stereocenters. The molecule has 4 heteroatoms. The number of hydrogen-bond donors (Lipinski definition) is 0. The van der Waals surface area contributed by atoms with E-state index < -0.39 is 9.84 Å². The zero-order valence-electron chi connectivity index (χ0n) is 6.90.